The molecule has 1 aromatic carbocycles. The molecule has 122 valence electrons. The largest absolute Gasteiger partial charge is 0.368 e. The molecule has 3 aliphatic heterocycles. The highest BCUT2D eigenvalue weighted by Gasteiger charge is 2.49. The van der Waals surface area contributed by atoms with Gasteiger partial charge in [-0.2, -0.15) is 0 Å². The summed E-state index contributed by atoms with van der Waals surface area (Å²) in [5, 5.41) is 20.4. The summed E-state index contributed by atoms with van der Waals surface area (Å²) in [6.07, 6.45) is 2.85. The average molecular weight is 312 g/mol. The van der Waals surface area contributed by atoms with E-state index in [-0.39, 0.29) is 0 Å². The van der Waals surface area contributed by atoms with E-state index in [9.17, 15) is 10.2 Å². The van der Waals surface area contributed by atoms with E-state index in [0.29, 0.717) is 30.2 Å². The Morgan fingerprint density at radius 3 is 2.96 bits per heavy atom. The minimum atomic E-state index is -1.18. The van der Waals surface area contributed by atoms with E-state index in [1.165, 1.54) is 35.1 Å². The predicted molar refractivity (Wildman–Crippen MR) is 89.2 cm³/mol. The lowest BCUT2D eigenvalue weighted by molar-refractivity contribution is -0.0911. The zero-order valence-corrected chi connectivity index (χ0v) is 13.3. The number of H-pyrrole nitrogens is 1. The number of benzene rings is 1. The van der Waals surface area contributed by atoms with E-state index < -0.39 is 6.29 Å². The summed E-state index contributed by atoms with van der Waals surface area (Å²) in [5.41, 5.74) is 4.19. The molecule has 4 aliphatic rings. The first kappa shape index (κ1) is 14.0. The van der Waals surface area contributed by atoms with Gasteiger partial charge in [0.1, 0.15) is 0 Å². The van der Waals surface area contributed by atoms with Gasteiger partial charge in [0, 0.05) is 48.1 Å². The second-order valence-corrected chi connectivity index (χ2v) is 7.72. The van der Waals surface area contributed by atoms with Crippen molar-refractivity contribution < 1.29 is 10.2 Å². The average Bonchev–Trinajstić information content (AvgIpc) is 2.86. The molecule has 0 radical (unpaired) electrons. The third kappa shape index (κ3) is 2.09. The lowest BCUT2D eigenvalue weighted by Crippen LogP contribution is -2.56. The van der Waals surface area contributed by atoms with E-state index in [2.05, 4.69) is 34.1 Å². The zero-order valence-electron chi connectivity index (χ0n) is 13.3. The number of fused-ring (bicyclic) bond motifs is 4. The molecule has 2 aromatic rings. The number of piperidine rings is 2. The molecule has 2 saturated heterocycles. The Kier molecular flexibility index (Phi) is 3.09. The highest BCUT2D eigenvalue weighted by Crippen LogP contribution is 2.51. The molecule has 3 fully saturated rings. The van der Waals surface area contributed by atoms with Crippen LogP contribution >= 0.6 is 0 Å². The van der Waals surface area contributed by atoms with Crippen molar-refractivity contribution in [3.63, 3.8) is 0 Å². The van der Waals surface area contributed by atoms with Gasteiger partial charge in [0.15, 0.2) is 6.29 Å². The fourth-order valence-electron chi connectivity index (χ4n) is 5.74. The molecular formula is C19H24N2O2. The number of hydrogen-bond acceptors (Lipinski definition) is 3. The quantitative estimate of drug-likeness (QED) is 0.745. The van der Waals surface area contributed by atoms with Crippen LogP contribution in [-0.4, -0.2) is 45.5 Å². The fourth-order valence-corrected chi connectivity index (χ4v) is 5.74. The minimum absolute atomic E-state index is 0.407. The maximum Gasteiger partial charge on any atom is 0.151 e. The topological polar surface area (TPSA) is 59.5 Å². The van der Waals surface area contributed by atoms with E-state index in [0.717, 1.165) is 19.4 Å². The molecule has 1 unspecified atom stereocenters. The van der Waals surface area contributed by atoms with Gasteiger partial charge >= 0.3 is 0 Å². The maximum atomic E-state index is 9.51. The van der Waals surface area contributed by atoms with Crippen molar-refractivity contribution in [2.75, 3.05) is 13.1 Å². The zero-order chi connectivity index (χ0) is 15.6. The molecule has 4 nitrogen and oxygen atoms in total. The Morgan fingerprint density at radius 1 is 1.22 bits per heavy atom. The van der Waals surface area contributed by atoms with Gasteiger partial charge in [-0.3, -0.25) is 4.90 Å². The van der Waals surface area contributed by atoms with Crippen molar-refractivity contribution in [3.05, 3.63) is 35.5 Å². The molecule has 1 aromatic heterocycles. The van der Waals surface area contributed by atoms with Crippen molar-refractivity contribution in [1.82, 2.24) is 9.88 Å². The number of aliphatic hydroxyl groups is 2. The second kappa shape index (κ2) is 5.07. The van der Waals surface area contributed by atoms with Crippen LogP contribution in [0.15, 0.2) is 24.3 Å². The van der Waals surface area contributed by atoms with Crippen molar-refractivity contribution in [1.29, 1.82) is 0 Å². The van der Waals surface area contributed by atoms with Gasteiger partial charge < -0.3 is 15.2 Å². The highest BCUT2D eigenvalue weighted by molar-refractivity contribution is 5.85. The van der Waals surface area contributed by atoms with Gasteiger partial charge in [0.25, 0.3) is 0 Å². The van der Waals surface area contributed by atoms with Crippen molar-refractivity contribution in [3.8, 4) is 0 Å². The third-order valence-corrected chi connectivity index (χ3v) is 6.41. The summed E-state index contributed by atoms with van der Waals surface area (Å²) >= 11 is 0. The summed E-state index contributed by atoms with van der Waals surface area (Å²) in [7, 11) is 0. The maximum absolute atomic E-state index is 9.51. The Hall–Kier alpha value is -1.36. The van der Waals surface area contributed by atoms with Crippen LogP contribution in [0.25, 0.3) is 10.9 Å². The van der Waals surface area contributed by atoms with Crippen molar-refractivity contribution in [2.24, 2.45) is 11.8 Å². The number of aliphatic hydroxyl groups excluding tert-OH is 1. The normalized spacial score (nSPS) is 35.5. The summed E-state index contributed by atoms with van der Waals surface area (Å²) in [6, 6.07) is 9.11. The summed E-state index contributed by atoms with van der Waals surface area (Å²) < 4.78 is 0. The van der Waals surface area contributed by atoms with Crippen LogP contribution in [0, 0.1) is 11.8 Å². The lowest BCUT2D eigenvalue weighted by Gasteiger charge is -2.53. The van der Waals surface area contributed by atoms with Crippen LogP contribution in [0.5, 0.6) is 0 Å². The Balaban J connectivity index is 1.61. The van der Waals surface area contributed by atoms with Crippen LogP contribution in [0.2, 0.25) is 0 Å². The molecule has 23 heavy (non-hydrogen) atoms. The molecule has 5 atom stereocenters. The molecule has 4 heteroatoms. The predicted octanol–water partition coefficient (Wildman–Crippen LogP) is 2.22. The molecule has 4 heterocycles. The monoisotopic (exact) mass is 312 g/mol. The summed E-state index contributed by atoms with van der Waals surface area (Å²) in [5.74, 6) is 1.63. The van der Waals surface area contributed by atoms with Gasteiger partial charge in [-0.15, -0.1) is 0 Å². The first-order valence-electron chi connectivity index (χ1n) is 8.90. The van der Waals surface area contributed by atoms with E-state index >= 15 is 0 Å². The van der Waals surface area contributed by atoms with Crippen LogP contribution in [0.4, 0.5) is 0 Å². The molecule has 3 N–H and O–H groups in total. The number of para-hydroxylation sites is 1. The number of aromatic nitrogens is 1. The van der Waals surface area contributed by atoms with Crippen LogP contribution in [0.1, 0.15) is 36.4 Å². The molecule has 1 saturated carbocycles. The van der Waals surface area contributed by atoms with Crippen LogP contribution in [-0.2, 0) is 6.42 Å². The highest BCUT2D eigenvalue weighted by atomic mass is 16.5. The van der Waals surface area contributed by atoms with Gasteiger partial charge in [0.2, 0.25) is 0 Å². The second-order valence-electron chi connectivity index (χ2n) is 7.72. The van der Waals surface area contributed by atoms with E-state index in [4.69, 9.17) is 0 Å². The number of rotatable bonds is 2. The Bertz CT molecular complexity index is 736. The molecule has 0 amide bonds. The standard InChI is InChI=1S/C19H24N2O2/c22-17(23)9-12-7-11-8-15-18-14(5-6-21(10-11)19(12)15)13-3-1-2-4-16(13)20-18/h1-4,11-12,15,17,19-20,22-23H,5-10H2/t11-,12-,15+,19+/m1/s1. The van der Waals surface area contributed by atoms with Crippen molar-refractivity contribution in [2.45, 2.75) is 43.9 Å². The third-order valence-electron chi connectivity index (χ3n) is 6.41. The van der Waals surface area contributed by atoms with Gasteiger partial charge in [0.05, 0.1) is 0 Å². The SMILES string of the molecule is OC(O)C[C@H]1C[C@@H]2C[C@H]3c4[nH]c5ccccc5c4CCN(C2)[C@@H]13. The number of nitrogens with zero attached hydrogens (tertiary/aromatic N) is 1. The van der Waals surface area contributed by atoms with Gasteiger partial charge in [-0.25, -0.2) is 0 Å². The van der Waals surface area contributed by atoms with Gasteiger partial charge in [-0.1, -0.05) is 18.2 Å². The van der Waals surface area contributed by atoms with Crippen molar-refractivity contribution >= 4 is 10.9 Å². The number of nitrogens with one attached hydrogen (secondary N) is 1. The first-order valence-corrected chi connectivity index (χ1v) is 8.90. The Morgan fingerprint density at radius 2 is 2.09 bits per heavy atom. The fraction of sp³-hybridized carbons (Fsp3) is 0.579. The number of aromatic amines is 1. The molecule has 0 spiro atoms. The smallest absolute Gasteiger partial charge is 0.151 e. The molecule has 6 rings (SSSR count). The van der Waals surface area contributed by atoms with E-state index in [1.807, 2.05) is 0 Å². The number of hydrogen-bond donors (Lipinski definition) is 3. The summed E-state index contributed by atoms with van der Waals surface area (Å²) in [4.78, 5) is 6.36. The molecule has 4 bridgehead atoms. The minimum Gasteiger partial charge on any atom is -0.368 e. The molecular weight excluding hydrogens is 288 g/mol. The van der Waals surface area contributed by atoms with Gasteiger partial charge in [-0.05, 0) is 42.7 Å². The summed E-state index contributed by atoms with van der Waals surface area (Å²) in [6.45, 7) is 2.30. The first-order chi connectivity index (χ1) is 11.2. The lowest BCUT2D eigenvalue weighted by atomic mass is 9.65. The Labute approximate surface area is 136 Å². The van der Waals surface area contributed by atoms with E-state index in [1.54, 1.807) is 0 Å². The molecule has 1 aliphatic carbocycles. The van der Waals surface area contributed by atoms with Crippen LogP contribution in [0.3, 0.4) is 0 Å². The van der Waals surface area contributed by atoms with Crippen LogP contribution < -0.4 is 0 Å².